The summed E-state index contributed by atoms with van der Waals surface area (Å²) in [5.74, 6) is 3.32. The monoisotopic (exact) mass is 272 g/mol. The molecular weight excluding hydrogens is 248 g/mol. The highest BCUT2D eigenvalue weighted by Gasteiger charge is 2.27. The minimum atomic E-state index is 0.236. The van der Waals surface area contributed by atoms with Crippen LogP contribution in [0.15, 0.2) is 0 Å². The summed E-state index contributed by atoms with van der Waals surface area (Å²) in [6.07, 6.45) is 3.78. The van der Waals surface area contributed by atoms with Gasteiger partial charge in [0.1, 0.15) is 0 Å². The van der Waals surface area contributed by atoms with Crippen molar-refractivity contribution in [3.63, 3.8) is 0 Å². The van der Waals surface area contributed by atoms with E-state index >= 15 is 0 Å². The number of methoxy groups -OCH3 is 1. The van der Waals surface area contributed by atoms with Crippen molar-refractivity contribution in [1.29, 1.82) is 0 Å². The minimum Gasteiger partial charge on any atom is -0.383 e. The highest BCUT2D eigenvalue weighted by atomic mass is 32.2. The predicted octanol–water partition coefficient (Wildman–Crippen LogP) is 0.966. The molecule has 0 aromatic carbocycles. The third-order valence-corrected chi connectivity index (χ3v) is 4.75. The van der Waals surface area contributed by atoms with E-state index in [0.717, 1.165) is 31.2 Å². The number of ether oxygens (including phenoxy) is 1. The SMILES string of the molecule is COCCN(C(=O)CNCC1CC1)C1CCSC1. The van der Waals surface area contributed by atoms with Gasteiger partial charge < -0.3 is 15.0 Å². The Kier molecular flexibility index (Phi) is 5.79. The first-order chi connectivity index (χ1) is 8.81. The second-order valence-corrected chi connectivity index (χ2v) is 6.32. The van der Waals surface area contributed by atoms with E-state index in [-0.39, 0.29) is 5.91 Å². The van der Waals surface area contributed by atoms with Crippen molar-refractivity contribution < 1.29 is 9.53 Å². The van der Waals surface area contributed by atoms with Gasteiger partial charge in [-0.05, 0) is 37.5 Å². The lowest BCUT2D eigenvalue weighted by Gasteiger charge is -2.28. The smallest absolute Gasteiger partial charge is 0.236 e. The average Bonchev–Trinajstić information content (AvgIpc) is 3.03. The van der Waals surface area contributed by atoms with E-state index in [4.69, 9.17) is 4.74 Å². The van der Waals surface area contributed by atoms with Crippen molar-refractivity contribution in [2.45, 2.75) is 25.3 Å². The van der Waals surface area contributed by atoms with Gasteiger partial charge in [0.05, 0.1) is 13.2 Å². The van der Waals surface area contributed by atoms with Gasteiger partial charge in [-0.15, -0.1) is 0 Å². The molecule has 1 unspecified atom stereocenters. The molecule has 104 valence electrons. The Morgan fingerprint density at radius 2 is 2.28 bits per heavy atom. The fourth-order valence-corrected chi connectivity index (χ4v) is 3.50. The summed E-state index contributed by atoms with van der Waals surface area (Å²) in [6.45, 7) is 2.85. The van der Waals surface area contributed by atoms with Crippen molar-refractivity contribution in [1.82, 2.24) is 10.2 Å². The van der Waals surface area contributed by atoms with Gasteiger partial charge in [-0.3, -0.25) is 4.79 Å². The molecule has 4 nitrogen and oxygen atoms in total. The second-order valence-electron chi connectivity index (χ2n) is 5.17. The average molecular weight is 272 g/mol. The number of nitrogens with one attached hydrogen (secondary N) is 1. The third kappa shape index (κ3) is 4.44. The highest BCUT2D eigenvalue weighted by Crippen LogP contribution is 2.27. The van der Waals surface area contributed by atoms with E-state index in [9.17, 15) is 4.79 Å². The molecule has 1 saturated heterocycles. The first-order valence-electron chi connectivity index (χ1n) is 6.88. The molecule has 5 heteroatoms. The fraction of sp³-hybridized carbons (Fsp3) is 0.923. The summed E-state index contributed by atoms with van der Waals surface area (Å²) >= 11 is 1.95. The first kappa shape index (κ1) is 14.2. The maximum Gasteiger partial charge on any atom is 0.236 e. The summed E-state index contributed by atoms with van der Waals surface area (Å²) in [6, 6.07) is 0.417. The molecule has 2 fully saturated rings. The zero-order chi connectivity index (χ0) is 12.8. The number of carbonyl (C=O) groups is 1. The molecule has 2 aliphatic rings. The van der Waals surface area contributed by atoms with Crippen molar-refractivity contribution in [2.75, 3.05) is 44.9 Å². The lowest BCUT2D eigenvalue weighted by Crippen LogP contribution is -2.46. The van der Waals surface area contributed by atoms with E-state index in [2.05, 4.69) is 5.32 Å². The van der Waals surface area contributed by atoms with Crippen LogP contribution in [0.25, 0.3) is 0 Å². The van der Waals surface area contributed by atoms with Crippen molar-refractivity contribution >= 4 is 17.7 Å². The molecule has 0 aromatic rings. The van der Waals surface area contributed by atoms with Crippen molar-refractivity contribution in [3.05, 3.63) is 0 Å². The van der Waals surface area contributed by atoms with Gasteiger partial charge in [0, 0.05) is 25.4 Å². The molecule has 1 heterocycles. The largest absolute Gasteiger partial charge is 0.383 e. The Labute approximate surface area is 114 Å². The Morgan fingerprint density at radius 1 is 1.44 bits per heavy atom. The Hall–Kier alpha value is -0.260. The van der Waals surface area contributed by atoms with Crippen LogP contribution in [0.5, 0.6) is 0 Å². The fourth-order valence-electron chi connectivity index (χ4n) is 2.28. The van der Waals surface area contributed by atoms with Crippen LogP contribution in [0.3, 0.4) is 0 Å². The lowest BCUT2D eigenvalue weighted by molar-refractivity contribution is -0.132. The van der Waals surface area contributed by atoms with Gasteiger partial charge in [-0.25, -0.2) is 0 Å². The predicted molar refractivity (Wildman–Crippen MR) is 74.9 cm³/mol. The molecular formula is C13H24N2O2S. The van der Waals surface area contributed by atoms with E-state index < -0.39 is 0 Å². The molecule has 0 aromatic heterocycles. The van der Waals surface area contributed by atoms with Gasteiger partial charge in [0.15, 0.2) is 0 Å². The van der Waals surface area contributed by atoms with Gasteiger partial charge in [0.25, 0.3) is 0 Å². The van der Waals surface area contributed by atoms with Gasteiger partial charge in [-0.2, -0.15) is 11.8 Å². The number of amides is 1. The van der Waals surface area contributed by atoms with Crippen LogP contribution < -0.4 is 5.32 Å². The number of nitrogens with zero attached hydrogens (tertiary/aromatic N) is 1. The van der Waals surface area contributed by atoms with Crippen LogP contribution in [-0.4, -0.2) is 61.7 Å². The second kappa shape index (κ2) is 7.36. The third-order valence-electron chi connectivity index (χ3n) is 3.61. The first-order valence-corrected chi connectivity index (χ1v) is 8.03. The van der Waals surface area contributed by atoms with E-state index in [1.165, 1.54) is 18.6 Å². The maximum absolute atomic E-state index is 12.2. The Balaban J connectivity index is 1.74. The van der Waals surface area contributed by atoms with Crippen molar-refractivity contribution in [2.24, 2.45) is 5.92 Å². The molecule has 1 amide bonds. The summed E-state index contributed by atoms with van der Waals surface area (Å²) in [5.41, 5.74) is 0. The van der Waals surface area contributed by atoms with Crippen LogP contribution in [0.2, 0.25) is 0 Å². The Bertz CT molecular complexity index is 266. The minimum absolute atomic E-state index is 0.236. The molecule has 1 saturated carbocycles. The molecule has 18 heavy (non-hydrogen) atoms. The number of hydrogen-bond acceptors (Lipinski definition) is 4. The number of carbonyl (C=O) groups excluding carboxylic acids is 1. The lowest BCUT2D eigenvalue weighted by atomic mass is 10.2. The van der Waals surface area contributed by atoms with Crippen LogP contribution >= 0.6 is 11.8 Å². The number of rotatable bonds is 8. The molecule has 1 aliphatic heterocycles. The van der Waals surface area contributed by atoms with Crippen LogP contribution in [-0.2, 0) is 9.53 Å². The molecule has 1 aliphatic carbocycles. The summed E-state index contributed by atoms with van der Waals surface area (Å²) < 4.78 is 5.11. The molecule has 0 bridgehead atoms. The molecule has 2 rings (SSSR count). The van der Waals surface area contributed by atoms with E-state index in [1.807, 2.05) is 16.7 Å². The van der Waals surface area contributed by atoms with Crippen LogP contribution in [0.4, 0.5) is 0 Å². The van der Waals surface area contributed by atoms with Gasteiger partial charge in [0.2, 0.25) is 5.91 Å². The molecule has 0 radical (unpaired) electrons. The zero-order valence-corrected chi connectivity index (χ0v) is 12.0. The van der Waals surface area contributed by atoms with Crippen LogP contribution in [0.1, 0.15) is 19.3 Å². The standard InChI is InChI=1S/C13H24N2O2S/c1-17-6-5-15(12-4-7-18-10-12)13(16)9-14-8-11-2-3-11/h11-12,14H,2-10H2,1H3. The quantitative estimate of drug-likeness (QED) is 0.715. The molecule has 1 atom stereocenters. The zero-order valence-electron chi connectivity index (χ0n) is 11.2. The number of thioether (sulfide) groups is 1. The highest BCUT2D eigenvalue weighted by molar-refractivity contribution is 7.99. The molecule has 0 spiro atoms. The molecule has 1 N–H and O–H groups in total. The van der Waals surface area contributed by atoms with Crippen LogP contribution in [0, 0.1) is 5.92 Å². The summed E-state index contributed by atoms with van der Waals surface area (Å²) in [4.78, 5) is 14.3. The normalized spacial score (nSPS) is 23.3. The van der Waals surface area contributed by atoms with E-state index in [1.54, 1.807) is 7.11 Å². The summed E-state index contributed by atoms with van der Waals surface area (Å²) in [5, 5.41) is 3.29. The number of hydrogen-bond donors (Lipinski definition) is 1. The maximum atomic E-state index is 12.2. The van der Waals surface area contributed by atoms with Crippen molar-refractivity contribution in [3.8, 4) is 0 Å². The Morgan fingerprint density at radius 3 is 2.89 bits per heavy atom. The topological polar surface area (TPSA) is 41.6 Å². The summed E-state index contributed by atoms with van der Waals surface area (Å²) in [7, 11) is 1.69. The van der Waals surface area contributed by atoms with E-state index in [0.29, 0.717) is 19.2 Å². The van der Waals surface area contributed by atoms with Gasteiger partial charge in [-0.1, -0.05) is 0 Å². The van der Waals surface area contributed by atoms with Gasteiger partial charge >= 0.3 is 0 Å².